The lowest BCUT2D eigenvalue weighted by Crippen LogP contribution is -2.21. The molecule has 0 aromatic heterocycles. The van der Waals surface area contributed by atoms with Gasteiger partial charge in [0.25, 0.3) is 0 Å². The first kappa shape index (κ1) is 10.4. The highest BCUT2D eigenvalue weighted by atomic mass is 19.1. The highest BCUT2D eigenvalue weighted by Crippen LogP contribution is 2.30. The van der Waals surface area contributed by atoms with Crippen LogP contribution in [0.15, 0.2) is 12.1 Å². The van der Waals surface area contributed by atoms with Gasteiger partial charge in [0.2, 0.25) is 0 Å². The standard InChI is InChI=1S/C11H13F2NO/c1-6(14-8-2-3-8)9-4-7(12)5-10(13)11(9)15/h4-6,8,14-15H,2-3H2,1H3. The molecule has 1 atom stereocenters. The molecule has 0 saturated heterocycles. The van der Waals surface area contributed by atoms with Gasteiger partial charge in [-0.1, -0.05) is 0 Å². The highest BCUT2D eigenvalue weighted by Gasteiger charge is 2.25. The number of hydrogen-bond donors (Lipinski definition) is 2. The Morgan fingerprint density at radius 1 is 1.40 bits per heavy atom. The van der Waals surface area contributed by atoms with Gasteiger partial charge in [0, 0.05) is 23.7 Å². The number of nitrogens with one attached hydrogen (secondary N) is 1. The summed E-state index contributed by atoms with van der Waals surface area (Å²) in [6, 6.07) is 2.04. The van der Waals surface area contributed by atoms with Crippen LogP contribution in [0.5, 0.6) is 5.75 Å². The first-order valence-electron chi connectivity index (χ1n) is 5.02. The number of halogens is 2. The Morgan fingerprint density at radius 3 is 2.67 bits per heavy atom. The van der Waals surface area contributed by atoms with Gasteiger partial charge in [-0.05, 0) is 25.8 Å². The van der Waals surface area contributed by atoms with Crippen molar-refractivity contribution in [3.63, 3.8) is 0 Å². The largest absolute Gasteiger partial charge is 0.505 e. The van der Waals surface area contributed by atoms with Crippen LogP contribution < -0.4 is 5.32 Å². The molecule has 1 aromatic rings. The van der Waals surface area contributed by atoms with E-state index in [1.165, 1.54) is 6.07 Å². The van der Waals surface area contributed by atoms with Crippen molar-refractivity contribution >= 4 is 0 Å². The van der Waals surface area contributed by atoms with Crippen LogP contribution in [0.3, 0.4) is 0 Å². The van der Waals surface area contributed by atoms with E-state index in [1.807, 2.05) is 0 Å². The molecule has 0 heterocycles. The van der Waals surface area contributed by atoms with Gasteiger partial charge in [-0.3, -0.25) is 0 Å². The summed E-state index contributed by atoms with van der Waals surface area (Å²) in [7, 11) is 0. The van der Waals surface area contributed by atoms with Crippen molar-refractivity contribution < 1.29 is 13.9 Å². The molecule has 1 fully saturated rings. The van der Waals surface area contributed by atoms with E-state index in [1.54, 1.807) is 6.92 Å². The molecule has 2 N–H and O–H groups in total. The summed E-state index contributed by atoms with van der Waals surface area (Å²) >= 11 is 0. The van der Waals surface area contributed by atoms with E-state index in [-0.39, 0.29) is 11.6 Å². The fourth-order valence-electron chi connectivity index (χ4n) is 1.61. The highest BCUT2D eigenvalue weighted by molar-refractivity contribution is 5.36. The van der Waals surface area contributed by atoms with Crippen LogP contribution in [0.4, 0.5) is 8.78 Å². The fraction of sp³-hybridized carbons (Fsp3) is 0.455. The summed E-state index contributed by atoms with van der Waals surface area (Å²) in [5.41, 5.74) is 0.277. The smallest absolute Gasteiger partial charge is 0.168 e. The number of aromatic hydroxyl groups is 1. The zero-order chi connectivity index (χ0) is 11.0. The summed E-state index contributed by atoms with van der Waals surface area (Å²) in [6.45, 7) is 1.78. The minimum atomic E-state index is -0.908. The third kappa shape index (κ3) is 2.26. The van der Waals surface area contributed by atoms with E-state index in [2.05, 4.69) is 5.32 Å². The van der Waals surface area contributed by atoms with Crippen molar-refractivity contribution in [1.82, 2.24) is 5.32 Å². The monoisotopic (exact) mass is 213 g/mol. The maximum Gasteiger partial charge on any atom is 0.168 e. The maximum atomic E-state index is 13.0. The van der Waals surface area contributed by atoms with E-state index < -0.39 is 17.4 Å². The molecule has 0 aliphatic heterocycles. The normalized spacial score (nSPS) is 17.8. The van der Waals surface area contributed by atoms with Gasteiger partial charge < -0.3 is 10.4 Å². The molecule has 2 nitrogen and oxygen atoms in total. The van der Waals surface area contributed by atoms with Crippen molar-refractivity contribution in [1.29, 1.82) is 0 Å². The molecular formula is C11H13F2NO. The van der Waals surface area contributed by atoms with Crippen molar-refractivity contribution in [2.24, 2.45) is 0 Å². The predicted octanol–water partition coefficient (Wildman–Crippen LogP) is 2.48. The molecule has 4 heteroatoms. The van der Waals surface area contributed by atoms with E-state index in [0.717, 1.165) is 12.8 Å². The van der Waals surface area contributed by atoms with Crippen molar-refractivity contribution in [2.75, 3.05) is 0 Å². The third-order valence-corrected chi connectivity index (χ3v) is 2.59. The van der Waals surface area contributed by atoms with Gasteiger partial charge in [0.05, 0.1) is 0 Å². The molecular weight excluding hydrogens is 200 g/mol. The minimum absolute atomic E-state index is 0.234. The van der Waals surface area contributed by atoms with Crippen LogP contribution in [0.2, 0.25) is 0 Å². The summed E-state index contributed by atoms with van der Waals surface area (Å²) in [4.78, 5) is 0. The molecule has 1 saturated carbocycles. The molecule has 82 valence electrons. The molecule has 1 aromatic carbocycles. The summed E-state index contributed by atoms with van der Waals surface area (Å²) in [5, 5.41) is 12.6. The van der Waals surface area contributed by atoms with Crippen LogP contribution in [0.1, 0.15) is 31.4 Å². The molecule has 1 unspecified atom stereocenters. The van der Waals surface area contributed by atoms with Crippen LogP contribution in [-0.4, -0.2) is 11.1 Å². The number of hydrogen-bond acceptors (Lipinski definition) is 2. The van der Waals surface area contributed by atoms with E-state index in [0.29, 0.717) is 12.1 Å². The Balaban J connectivity index is 2.24. The number of phenols is 1. The second-order valence-electron chi connectivity index (χ2n) is 3.99. The summed E-state index contributed by atoms with van der Waals surface area (Å²) in [6.07, 6.45) is 2.17. The maximum absolute atomic E-state index is 13.0. The van der Waals surface area contributed by atoms with Gasteiger partial charge in [-0.2, -0.15) is 0 Å². The molecule has 2 rings (SSSR count). The van der Waals surface area contributed by atoms with E-state index >= 15 is 0 Å². The number of benzene rings is 1. The van der Waals surface area contributed by atoms with Gasteiger partial charge in [-0.15, -0.1) is 0 Å². The topological polar surface area (TPSA) is 32.3 Å². The van der Waals surface area contributed by atoms with E-state index in [9.17, 15) is 13.9 Å². The lowest BCUT2D eigenvalue weighted by atomic mass is 10.1. The Bertz CT molecular complexity index is 377. The average molecular weight is 213 g/mol. The SMILES string of the molecule is CC(NC1CC1)c1cc(F)cc(F)c1O. The third-order valence-electron chi connectivity index (χ3n) is 2.59. The second kappa shape index (κ2) is 3.77. The lowest BCUT2D eigenvalue weighted by Gasteiger charge is -2.15. The quantitative estimate of drug-likeness (QED) is 0.808. The molecule has 0 bridgehead atoms. The van der Waals surface area contributed by atoms with Gasteiger partial charge in [0.15, 0.2) is 11.6 Å². The Kier molecular flexibility index (Phi) is 2.61. The zero-order valence-electron chi connectivity index (χ0n) is 8.43. The van der Waals surface area contributed by atoms with Crippen LogP contribution in [-0.2, 0) is 0 Å². The fourth-order valence-corrected chi connectivity index (χ4v) is 1.61. The summed E-state index contributed by atoms with van der Waals surface area (Å²) in [5.74, 6) is -2.03. The van der Waals surface area contributed by atoms with Crippen LogP contribution in [0, 0.1) is 11.6 Å². The Morgan fingerprint density at radius 2 is 2.07 bits per heavy atom. The predicted molar refractivity (Wildman–Crippen MR) is 52.6 cm³/mol. The van der Waals surface area contributed by atoms with E-state index in [4.69, 9.17) is 0 Å². The molecule has 1 aliphatic rings. The zero-order valence-corrected chi connectivity index (χ0v) is 8.43. The molecule has 1 aliphatic carbocycles. The molecule has 0 amide bonds. The van der Waals surface area contributed by atoms with Gasteiger partial charge in [0.1, 0.15) is 5.82 Å². The molecule has 0 spiro atoms. The first-order valence-corrected chi connectivity index (χ1v) is 5.02. The Labute approximate surface area is 86.9 Å². The van der Waals surface area contributed by atoms with Gasteiger partial charge in [-0.25, -0.2) is 8.78 Å². The Hall–Kier alpha value is -1.16. The minimum Gasteiger partial charge on any atom is -0.505 e. The lowest BCUT2D eigenvalue weighted by molar-refractivity contribution is 0.409. The molecule has 15 heavy (non-hydrogen) atoms. The molecule has 0 radical (unpaired) electrons. The number of phenolic OH excluding ortho intramolecular Hbond substituents is 1. The average Bonchev–Trinajstić information content (AvgIpc) is 2.94. The van der Waals surface area contributed by atoms with Crippen molar-refractivity contribution in [2.45, 2.75) is 31.8 Å². The van der Waals surface area contributed by atoms with Crippen LogP contribution in [0.25, 0.3) is 0 Å². The second-order valence-corrected chi connectivity index (χ2v) is 3.99. The first-order chi connectivity index (χ1) is 7.08. The van der Waals surface area contributed by atoms with Crippen LogP contribution >= 0.6 is 0 Å². The van der Waals surface area contributed by atoms with Gasteiger partial charge >= 0.3 is 0 Å². The summed E-state index contributed by atoms with van der Waals surface area (Å²) < 4.78 is 26.0. The van der Waals surface area contributed by atoms with Crippen molar-refractivity contribution in [3.05, 3.63) is 29.3 Å². The number of rotatable bonds is 3. The van der Waals surface area contributed by atoms with Crippen molar-refractivity contribution in [3.8, 4) is 5.75 Å².